The lowest BCUT2D eigenvalue weighted by Crippen LogP contribution is -2.40. The zero-order valence-electron chi connectivity index (χ0n) is 20.1. The van der Waals surface area contributed by atoms with E-state index in [1.54, 1.807) is 0 Å². The summed E-state index contributed by atoms with van der Waals surface area (Å²) in [4.78, 5) is 30.8. The number of phenols is 4. The molecule has 2 aliphatic rings. The summed E-state index contributed by atoms with van der Waals surface area (Å²) in [5.41, 5.74) is 2.04. The molecule has 4 N–H and O–H groups in total. The van der Waals surface area contributed by atoms with Gasteiger partial charge < -0.3 is 34.7 Å². The van der Waals surface area contributed by atoms with E-state index in [9.17, 15) is 30.0 Å². The molecule has 2 aromatic carbocycles. The zero-order chi connectivity index (χ0) is 26.7. The maximum absolute atomic E-state index is 13.2. The van der Waals surface area contributed by atoms with Crippen LogP contribution in [0.2, 0.25) is 0 Å². The van der Waals surface area contributed by atoms with Crippen molar-refractivity contribution in [1.29, 1.82) is 0 Å². The summed E-state index contributed by atoms with van der Waals surface area (Å²) in [6.07, 6.45) is 3.39. The summed E-state index contributed by atoms with van der Waals surface area (Å²) < 4.78 is 11.2. The number of fused-ring (bicyclic) bond motifs is 1. The molecule has 0 fully saturated rings. The fraction of sp³-hybridized carbons (Fsp3) is 0.296. The highest BCUT2D eigenvalue weighted by molar-refractivity contribution is 6.06. The summed E-state index contributed by atoms with van der Waals surface area (Å²) >= 11 is 0. The number of aromatic hydroxyl groups is 4. The minimum absolute atomic E-state index is 0.136. The highest BCUT2D eigenvalue weighted by atomic mass is 16.7. The number of oxime groups is 1. The van der Waals surface area contributed by atoms with Crippen LogP contribution in [0.5, 0.6) is 28.7 Å². The van der Waals surface area contributed by atoms with Crippen molar-refractivity contribution in [2.75, 3.05) is 6.61 Å². The summed E-state index contributed by atoms with van der Waals surface area (Å²) in [5, 5.41) is 43.4. The van der Waals surface area contributed by atoms with Gasteiger partial charge in [-0.25, -0.2) is 4.79 Å². The number of esters is 1. The topological polar surface area (TPSA) is 155 Å². The van der Waals surface area contributed by atoms with Crippen LogP contribution in [0, 0.1) is 5.92 Å². The average Bonchev–Trinajstić information content (AvgIpc) is 2.85. The number of benzene rings is 2. The lowest BCUT2D eigenvalue weighted by molar-refractivity contribution is -0.156. The maximum Gasteiger partial charge on any atom is 0.347 e. The molecule has 10 nitrogen and oxygen atoms in total. The van der Waals surface area contributed by atoms with Crippen molar-refractivity contribution in [3.63, 3.8) is 0 Å². The Morgan fingerprint density at radius 2 is 1.95 bits per heavy atom. The molecular weight excluding hydrogens is 482 g/mol. The number of allylic oxidation sites excluding steroid dienone is 3. The standard InChI is InChI=1S/C27H27NO9/c1-14(2)16-5-3-15(4-6-16)12-28-35-13-23(33)37-27-25(34)24-21(32)10-18(29)11-22(24)36-26(27)17-7-8-19(30)20(31)9-17/h3,7-12,16,26-27,29-32H,1,4-6,13H2,2H3. The van der Waals surface area contributed by atoms with Gasteiger partial charge in [-0.15, -0.1) is 0 Å². The SMILES string of the molecule is C=C(C)C1CC=C(C=NOCC(=O)OC2C(=O)c3c(O)cc(O)cc3OC2c2ccc(O)c(O)c2)CC1. The molecule has 37 heavy (non-hydrogen) atoms. The molecule has 0 aromatic heterocycles. The minimum atomic E-state index is -1.56. The highest BCUT2D eigenvalue weighted by Gasteiger charge is 2.43. The molecule has 1 aliphatic heterocycles. The van der Waals surface area contributed by atoms with Gasteiger partial charge in [0.2, 0.25) is 18.5 Å². The van der Waals surface area contributed by atoms with Crippen LogP contribution >= 0.6 is 0 Å². The van der Waals surface area contributed by atoms with E-state index in [4.69, 9.17) is 14.3 Å². The van der Waals surface area contributed by atoms with Crippen molar-refractivity contribution in [3.8, 4) is 28.7 Å². The number of ether oxygens (including phenoxy) is 2. The quantitative estimate of drug-likeness (QED) is 0.142. The maximum atomic E-state index is 13.2. The minimum Gasteiger partial charge on any atom is -0.508 e. The molecule has 10 heteroatoms. The molecule has 2 aromatic rings. The van der Waals surface area contributed by atoms with Gasteiger partial charge in [0.25, 0.3) is 0 Å². The number of phenolic OH excluding ortho intramolecular Hbond substituents is 4. The molecular formula is C27H27NO9. The highest BCUT2D eigenvalue weighted by Crippen LogP contribution is 2.43. The molecule has 194 valence electrons. The van der Waals surface area contributed by atoms with Gasteiger partial charge >= 0.3 is 5.97 Å². The van der Waals surface area contributed by atoms with Crippen LogP contribution in [0.3, 0.4) is 0 Å². The average molecular weight is 510 g/mol. The Hall–Kier alpha value is -4.47. The number of ketones is 1. The van der Waals surface area contributed by atoms with Crippen LogP contribution in [0.4, 0.5) is 0 Å². The van der Waals surface area contributed by atoms with Crippen LogP contribution in [0.15, 0.2) is 59.3 Å². The van der Waals surface area contributed by atoms with E-state index in [2.05, 4.69) is 11.7 Å². The van der Waals surface area contributed by atoms with Crippen molar-refractivity contribution in [3.05, 3.63) is 65.3 Å². The number of Topliss-reactive ketones (excluding diaryl/α,β-unsaturated/α-hetero) is 1. The van der Waals surface area contributed by atoms with Gasteiger partial charge in [0, 0.05) is 17.7 Å². The van der Waals surface area contributed by atoms with Crippen LogP contribution in [-0.2, 0) is 14.4 Å². The van der Waals surface area contributed by atoms with E-state index in [0.717, 1.165) is 48.6 Å². The predicted octanol–water partition coefficient (Wildman–Crippen LogP) is 4.04. The third kappa shape index (κ3) is 5.69. The molecule has 0 bridgehead atoms. The van der Waals surface area contributed by atoms with Gasteiger partial charge in [0.1, 0.15) is 22.8 Å². The number of hydrogen-bond acceptors (Lipinski definition) is 10. The van der Waals surface area contributed by atoms with Crippen molar-refractivity contribution < 1.29 is 44.3 Å². The van der Waals surface area contributed by atoms with E-state index in [1.165, 1.54) is 18.3 Å². The van der Waals surface area contributed by atoms with Crippen LogP contribution in [-0.4, -0.2) is 51.1 Å². The molecule has 3 atom stereocenters. The van der Waals surface area contributed by atoms with Crippen molar-refractivity contribution in [2.24, 2.45) is 11.1 Å². The smallest absolute Gasteiger partial charge is 0.347 e. The van der Waals surface area contributed by atoms with E-state index in [-0.39, 0.29) is 22.6 Å². The van der Waals surface area contributed by atoms with Crippen molar-refractivity contribution in [2.45, 2.75) is 38.4 Å². The molecule has 0 amide bonds. The molecule has 1 aliphatic carbocycles. The van der Waals surface area contributed by atoms with E-state index in [1.807, 2.05) is 13.0 Å². The summed E-state index contributed by atoms with van der Waals surface area (Å²) in [5.74, 6) is -3.17. The Bertz CT molecular complexity index is 1300. The normalized spacial score (nSPS) is 21.1. The van der Waals surface area contributed by atoms with Gasteiger partial charge in [0.15, 0.2) is 17.6 Å². The number of hydrogen-bond donors (Lipinski definition) is 4. The molecule has 0 radical (unpaired) electrons. The van der Waals surface area contributed by atoms with E-state index < -0.39 is 47.8 Å². The largest absolute Gasteiger partial charge is 0.508 e. The zero-order valence-corrected chi connectivity index (χ0v) is 20.1. The lowest BCUT2D eigenvalue weighted by atomic mass is 9.86. The predicted molar refractivity (Wildman–Crippen MR) is 132 cm³/mol. The second kappa shape index (κ2) is 10.7. The second-order valence-corrected chi connectivity index (χ2v) is 9.00. The van der Waals surface area contributed by atoms with Crippen molar-refractivity contribution in [1.82, 2.24) is 0 Å². The third-order valence-corrected chi connectivity index (χ3v) is 6.30. The third-order valence-electron chi connectivity index (χ3n) is 6.30. The number of nitrogens with zero attached hydrogens (tertiary/aromatic N) is 1. The number of carbonyl (C=O) groups is 2. The second-order valence-electron chi connectivity index (χ2n) is 9.00. The number of carbonyl (C=O) groups excluding carboxylic acids is 2. The van der Waals surface area contributed by atoms with Crippen LogP contribution in [0.1, 0.15) is 48.2 Å². The first-order valence-corrected chi connectivity index (χ1v) is 11.6. The summed E-state index contributed by atoms with van der Waals surface area (Å²) in [6, 6.07) is 5.80. The molecule has 4 rings (SSSR count). The van der Waals surface area contributed by atoms with Crippen molar-refractivity contribution >= 4 is 18.0 Å². The van der Waals surface area contributed by atoms with Gasteiger partial charge in [-0.05, 0) is 49.8 Å². The molecule has 3 unspecified atom stereocenters. The van der Waals surface area contributed by atoms with E-state index >= 15 is 0 Å². The summed E-state index contributed by atoms with van der Waals surface area (Å²) in [7, 11) is 0. The van der Waals surface area contributed by atoms with E-state index in [0.29, 0.717) is 5.92 Å². The Kier molecular flexibility index (Phi) is 7.37. The Labute approximate surface area is 212 Å². The Morgan fingerprint density at radius 1 is 1.16 bits per heavy atom. The first kappa shape index (κ1) is 25.6. The molecule has 0 spiro atoms. The Balaban J connectivity index is 1.48. The fourth-order valence-electron chi connectivity index (χ4n) is 4.27. The number of rotatable bonds is 7. The van der Waals surface area contributed by atoms with Gasteiger partial charge in [-0.2, -0.15) is 0 Å². The lowest BCUT2D eigenvalue weighted by Gasteiger charge is -2.32. The first-order chi connectivity index (χ1) is 17.6. The van der Waals surface area contributed by atoms with Crippen LogP contribution < -0.4 is 4.74 Å². The van der Waals surface area contributed by atoms with Gasteiger partial charge in [-0.1, -0.05) is 29.5 Å². The fourth-order valence-corrected chi connectivity index (χ4v) is 4.27. The Morgan fingerprint density at radius 3 is 2.62 bits per heavy atom. The molecule has 0 saturated heterocycles. The molecule has 0 saturated carbocycles. The van der Waals surface area contributed by atoms with Crippen LogP contribution in [0.25, 0.3) is 0 Å². The van der Waals surface area contributed by atoms with Gasteiger partial charge in [0.05, 0.1) is 6.21 Å². The molecule has 1 heterocycles. The van der Waals surface area contributed by atoms with Gasteiger partial charge in [-0.3, -0.25) is 4.79 Å². The summed E-state index contributed by atoms with van der Waals surface area (Å²) in [6.45, 7) is 5.40. The monoisotopic (exact) mass is 509 g/mol. The first-order valence-electron chi connectivity index (χ1n) is 11.6.